The van der Waals surface area contributed by atoms with Crippen molar-refractivity contribution in [3.05, 3.63) is 23.0 Å². The third-order valence-electron chi connectivity index (χ3n) is 5.88. The van der Waals surface area contributed by atoms with E-state index in [9.17, 15) is 9.36 Å². The van der Waals surface area contributed by atoms with E-state index in [1.807, 2.05) is 19.9 Å². The van der Waals surface area contributed by atoms with Gasteiger partial charge < -0.3 is 32.9 Å². The van der Waals surface area contributed by atoms with Crippen molar-refractivity contribution in [1.82, 2.24) is 0 Å². The largest absolute Gasteiger partial charge is 0.529 e. The predicted octanol–water partition coefficient (Wildman–Crippen LogP) is 4.75. The smallest absolute Gasteiger partial charge is 0.453 e. The highest BCUT2D eigenvalue weighted by Crippen LogP contribution is 2.52. The number of phosphoric acid groups is 1. The highest BCUT2D eigenvalue weighted by molar-refractivity contribution is 7.48. The zero-order valence-electron chi connectivity index (χ0n) is 23.2. The van der Waals surface area contributed by atoms with Crippen molar-refractivity contribution < 1.29 is 51.4 Å². The lowest BCUT2D eigenvalue weighted by Gasteiger charge is -2.29. The topological polar surface area (TPSA) is 117 Å². The summed E-state index contributed by atoms with van der Waals surface area (Å²) in [5, 5.41) is 0. The maximum Gasteiger partial charge on any atom is 0.529 e. The van der Waals surface area contributed by atoms with E-state index >= 15 is 0 Å². The van der Waals surface area contributed by atoms with Gasteiger partial charge in [-0.25, -0.2) is 9.36 Å². The molecule has 3 fully saturated rings. The minimum absolute atomic E-state index is 0.0743. The average molecular weight is 549 g/mol. The van der Waals surface area contributed by atoms with Gasteiger partial charge in [-0.2, -0.15) is 0 Å². The van der Waals surface area contributed by atoms with Crippen molar-refractivity contribution in [1.29, 1.82) is 0 Å². The molecule has 0 aromatic carbocycles. The molecule has 212 valence electrons. The molecule has 0 radical (unpaired) electrons. The van der Waals surface area contributed by atoms with Crippen LogP contribution in [-0.2, 0) is 51.4 Å². The Labute approximate surface area is 219 Å². The van der Waals surface area contributed by atoms with Crippen LogP contribution in [0, 0.1) is 0 Å². The molecule has 3 aliphatic rings. The lowest BCUT2D eigenvalue weighted by molar-refractivity contribution is -0.235. The van der Waals surface area contributed by atoms with E-state index in [1.165, 1.54) is 6.92 Å². The van der Waals surface area contributed by atoms with Crippen molar-refractivity contribution >= 4 is 13.8 Å². The minimum Gasteiger partial charge on any atom is -0.453 e. The first-order valence-electron chi connectivity index (χ1n) is 12.6. The number of phosphoric ester groups is 1. The van der Waals surface area contributed by atoms with Gasteiger partial charge in [-0.05, 0) is 62.3 Å². The van der Waals surface area contributed by atoms with Crippen LogP contribution in [0.2, 0.25) is 0 Å². The maximum atomic E-state index is 13.6. The number of carbonyl (C=O) groups excluding carboxylic acids is 1. The summed E-state index contributed by atoms with van der Waals surface area (Å²) in [5.74, 6) is -2.33. The molecule has 12 heteroatoms. The number of esters is 1. The summed E-state index contributed by atoms with van der Waals surface area (Å²) in [4.78, 5) is 13.6. The molecule has 0 spiro atoms. The lowest BCUT2D eigenvalue weighted by Crippen LogP contribution is -2.45. The van der Waals surface area contributed by atoms with Crippen molar-refractivity contribution in [3.63, 3.8) is 0 Å². The molecule has 0 amide bonds. The Morgan fingerprint density at radius 2 is 1.62 bits per heavy atom. The highest BCUT2D eigenvalue weighted by Gasteiger charge is 2.60. The van der Waals surface area contributed by atoms with Crippen LogP contribution in [-0.4, -0.2) is 68.1 Å². The van der Waals surface area contributed by atoms with E-state index in [0.29, 0.717) is 0 Å². The molecule has 37 heavy (non-hydrogen) atoms. The van der Waals surface area contributed by atoms with Crippen LogP contribution in [0.15, 0.2) is 23.0 Å². The summed E-state index contributed by atoms with van der Waals surface area (Å²) >= 11 is 0. The zero-order chi connectivity index (χ0) is 27.6. The van der Waals surface area contributed by atoms with Crippen molar-refractivity contribution in [2.75, 3.05) is 19.8 Å². The lowest BCUT2D eigenvalue weighted by atomic mass is 10.0. The van der Waals surface area contributed by atoms with Crippen molar-refractivity contribution in [2.24, 2.45) is 0 Å². The van der Waals surface area contributed by atoms with E-state index in [4.69, 9.17) is 42.0 Å². The average Bonchev–Trinajstić information content (AvgIpc) is 3.37. The third-order valence-corrected chi connectivity index (χ3v) is 7.52. The van der Waals surface area contributed by atoms with Crippen LogP contribution in [0.25, 0.3) is 0 Å². The number of carbonyl (C=O) groups is 1. The van der Waals surface area contributed by atoms with Gasteiger partial charge in [-0.1, -0.05) is 11.6 Å². The Bertz CT molecular complexity index is 927. The Balaban J connectivity index is 1.89. The first-order valence-corrected chi connectivity index (χ1v) is 14.1. The number of rotatable bonds is 11. The number of ether oxygens (including phenoxy) is 6. The van der Waals surface area contributed by atoms with Crippen LogP contribution in [0.5, 0.6) is 0 Å². The van der Waals surface area contributed by atoms with Crippen LogP contribution in [0.3, 0.4) is 0 Å². The fourth-order valence-electron chi connectivity index (χ4n) is 4.32. The van der Waals surface area contributed by atoms with E-state index in [1.54, 1.807) is 41.5 Å². The number of hydrogen-bond acceptors (Lipinski definition) is 11. The second-order valence-corrected chi connectivity index (χ2v) is 11.8. The maximum absolute atomic E-state index is 13.6. The van der Waals surface area contributed by atoms with Crippen molar-refractivity contribution in [3.8, 4) is 0 Å². The van der Waals surface area contributed by atoms with Gasteiger partial charge in [0.05, 0.1) is 25.4 Å². The molecule has 5 atom stereocenters. The molecule has 0 unspecified atom stereocenters. The van der Waals surface area contributed by atoms with Gasteiger partial charge in [0.1, 0.15) is 18.0 Å². The number of fused-ring (bicyclic) bond motifs is 1. The molecule has 0 bridgehead atoms. The minimum atomic E-state index is -3.92. The molecule has 0 saturated carbocycles. The summed E-state index contributed by atoms with van der Waals surface area (Å²) in [5.41, 5.74) is 1.14. The van der Waals surface area contributed by atoms with E-state index in [0.717, 1.165) is 5.57 Å². The fourth-order valence-corrected chi connectivity index (χ4v) is 5.57. The Kier molecular flexibility index (Phi) is 9.68. The summed E-state index contributed by atoms with van der Waals surface area (Å²) in [6, 6.07) is 0. The van der Waals surface area contributed by atoms with Crippen LogP contribution < -0.4 is 0 Å². The SMILES string of the molecule is CCOP(=O)(OCC)O/C(C)=C(/CC=C(C)C)C(=O)O[C@@H]1[C@H]2OC(C)(C)O[C@H]2O[C@@H]1[C@H]1COC(C)(C)O1. The standard InChI is InChI=1S/C25H41O11P/c1-10-29-37(27,30-11-2)36-16(5)17(13-12-15(3)4)22(26)31-20-19(18-14-28-24(6,7)33-18)32-23-21(20)34-25(8,9)35-23/h12,18-21,23H,10-11,13-14H2,1-9H3/b17-16-/t18-,19-,20+,21-,23-/m1/s1. The molecule has 3 rings (SSSR count). The zero-order valence-corrected chi connectivity index (χ0v) is 24.1. The van der Waals surface area contributed by atoms with Gasteiger partial charge in [0.2, 0.25) is 0 Å². The van der Waals surface area contributed by atoms with Gasteiger partial charge in [0, 0.05) is 6.42 Å². The molecule has 3 saturated heterocycles. The van der Waals surface area contributed by atoms with Crippen LogP contribution in [0.1, 0.15) is 68.7 Å². The van der Waals surface area contributed by atoms with Gasteiger partial charge in [-0.15, -0.1) is 0 Å². The number of hydrogen-bond donors (Lipinski definition) is 0. The predicted molar refractivity (Wildman–Crippen MR) is 132 cm³/mol. The number of allylic oxidation sites excluding steroid dienone is 3. The summed E-state index contributed by atoms with van der Waals surface area (Å²) < 4.78 is 64.8. The fraction of sp³-hybridized carbons (Fsp3) is 0.800. The van der Waals surface area contributed by atoms with E-state index < -0.39 is 56.1 Å². The molecule has 0 N–H and O–H groups in total. The molecule has 11 nitrogen and oxygen atoms in total. The second-order valence-electron chi connectivity index (χ2n) is 10.2. The highest BCUT2D eigenvalue weighted by atomic mass is 31.2. The quantitative estimate of drug-likeness (QED) is 0.117. The molecule has 0 aliphatic carbocycles. The first-order chi connectivity index (χ1) is 17.2. The van der Waals surface area contributed by atoms with Crippen LogP contribution >= 0.6 is 7.82 Å². The van der Waals surface area contributed by atoms with Gasteiger partial charge in [0.15, 0.2) is 30.1 Å². The summed E-state index contributed by atoms with van der Waals surface area (Å²) in [7, 11) is -3.92. The Hall–Kier alpha value is -1.30. The summed E-state index contributed by atoms with van der Waals surface area (Å²) in [6.45, 7) is 16.3. The third kappa shape index (κ3) is 7.64. The normalized spacial score (nSPS) is 31.0. The second kappa shape index (κ2) is 11.8. The molecular formula is C25H41O11P. The van der Waals surface area contributed by atoms with E-state index in [-0.39, 0.29) is 37.6 Å². The van der Waals surface area contributed by atoms with Gasteiger partial charge >= 0.3 is 13.8 Å². The molecule has 3 heterocycles. The Morgan fingerprint density at radius 1 is 0.973 bits per heavy atom. The summed E-state index contributed by atoms with van der Waals surface area (Å²) in [6.07, 6.45) is -1.47. The molecule has 3 aliphatic heterocycles. The Morgan fingerprint density at radius 3 is 2.16 bits per heavy atom. The molecule has 0 aromatic heterocycles. The van der Waals surface area contributed by atoms with Crippen LogP contribution in [0.4, 0.5) is 0 Å². The van der Waals surface area contributed by atoms with Gasteiger partial charge in [-0.3, -0.25) is 9.05 Å². The van der Waals surface area contributed by atoms with E-state index in [2.05, 4.69) is 0 Å². The molecular weight excluding hydrogens is 507 g/mol. The first kappa shape index (κ1) is 30.2. The monoisotopic (exact) mass is 548 g/mol. The van der Waals surface area contributed by atoms with Crippen molar-refractivity contribution in [2.45, 2.75) is 111 Å². The molecule has 0 aromatic rings. The van der Waals surface area contributed by atoms with Gasteiger partial charge in [0.25, 0.3) is 0 Å².